The van der Waals surface area contributed by atoms with Crippen LogP contribution in [0.4, 0.5) is 8.78 Å². The molecule has 0 saturated heterocycles. The molecule has 2 aromatic heterocycles. The number of nitrogens with one attached hydrogen (secondary N) is 1. The Labute approximate surface area is 143 Å². The van der Waals surface area contributed by atoms with Crippen LogP contribution >= 0.6 is 0 Å². The second-order valence-corrected chi connectivity index (χ2v) is 5.55. The second-order valence-electron chi connectivity index (χ2n) is 5.55. The Morgan fingerprint density at radius 3 is 2.88 bits per heavy atom. The van der Waals surface area contributed by atoms with E-state index in [4.69, 9.17) is 4.74 Å². The number of pyridine rings is 1. The van der Waals surface area contributed by atoms with Crippen molar-refractivity contribution in [1.82, 2.24) is 25.1 Å². The third-order valence-corrected chi connectivity index (χ3v) is 3.52. The van der Waals surface area contributed by atoms with Crippen molar-refractivity contribution in [2.75, 3.05) is 0 Å². The Morgan fingerprint density at radius 1 is 1.24 bits per heavy atom. The molecule has 0 radical (unpaired) electrons. The highest BCUT2D eigenvalue weighted by molar-refractivity contribution is 5.32. The number of ether oxygens (including phenoxy) is 1. The summed E-state index contributed by atoms with van der Waals surface area (Å²) in [7, 11) is 0. The molecule has 0 unspecified atom stereocenters. The van der Waals surface area contributed by atoms with Crippen molar-refractivity contribution in [3.05, 3.63) is 66.4 Å². The van der Waals surface area contributed by atoms with Gasteiger partial charge in [-0.15, -0.1) is 0 Å². The minimum absolute atomic E-state index is 0.137. The van der Waals surface area contributed by atoms with E-state index in [-0.39, 0.29) is 11.8 Å². The summed E-state index contributed by atoms with van der Waals surface area (Å²) < 4.78 is 33.7. The second kappa shape index (κ2) is 7.80. The van der Waals surface area contributed by atoms with E-state index in [2.05, 4.69) is 20.4 Å². The Hall–Kier alpha value is -2.87. The van der Waals surface area contributed by atoms with Crippen LogP contribution in [0.25, 0.3) is 0 Å². The molecule has 1 aromatic carbocycles. The van der Waals surface area contributed by atoms with Gasteiger partial charge in [0.25, 0.3) is 0 Å². The van der Waals surface area contributed by atoms with E-state index in [1.54, 1.807) is 23.3 Å². The van der Waals surface area contributed by atoms with Gasteiger partial charge in [-0.1, -0.05) is 6.07 Å². The number of hydrogen-bond donors (Lipinski definition) is 1. The highest BCUT2D eigenvalue weighted by atomic mass is 19.2. The van der Waals surface area contributed by atoms with Crippen LogP contribution in [0.1, 0.15) is 12.5 Å². The van der Waals surface area contributed by atoms with Crippen molar-refractivity contribution in [3.63, 3.8) is 0 Å². The predicted octanol–water partition coefficient (Wildman–Crippen LogP) is 2.92. The lowest BCUT2D eigenvalue weighted by Gasteiger charge is -2.15. The quantitative estimate of drug-likeness (QED) is 0.713. The molecule has 6 nitrogen and oxygen atoms in total. The largest absolute Gasteiger partial charge is 0.439 e. The lowest BCUT2D eigenvalue weighted by Crippen LogP contribution is -2.30. The van der Waals surface area contributed by atoms with Crippen LogP contribution in [0.2, 0.25) is 0 Å². The van der Waals surface area contributed by atoms with Crippen LogP contribution in [0.3, 0.4) is 0 Å². The SMILES string of the molecule is C[C@@H](Cn1cncn1)NCc1cccnc1Oc1ccc(F)c(F)c1. The molecule has 0 amide bonds. The molecule has 1 atom stereocenters. The van der Waals surface area contributed by atoms with Crippen molar-refractivity contribution in [3.8, 4) is 11.6 Å². The van der Waals surface area contributed by atoms with Gasteiger partial charge in [0.1, 0.15) is 18.4 Å². The average Bonchev–Trinajstić information content (AvgIpc) is 3.10. The minimum atomic E-state index is -0.963. The van der Waals surface area contributed by atoms with E-state index in [9.17, 15) is 8.78 Å². The highest BCUT2D eigenvalue weighted by Gasteiger charge is 2.10. The van der Waals surface area contributed by atoms with Crippen LogP contribution < -0.4 is 10.1 Å². The maximum Gasteiger partial charge on any atom is 0.223 e. The Balaban J connectivity index is 1.65. The lowest BCUT2D eigenvalue weighted by molar-refractivity contribution is 0.425. The van der Waals surface area contributed by atoms with Crippen molar-refractivity contribution in [2.24, 2.45) is 0 Å². The lowest BCUT2D eigenvalue weighted by atomic mass is 10.2. The smallest absolute Gasteiger partial charge is 0.223 e. The highest BCUT2D eigenvalue weighted by Crippen LogP contribution is 2.24. The van der Waals surface area contributed by atoms with Gasteiger partial charge in [-0.3, -0.25) is 4.68 Å². The molecule has 0 saturated carbocycles. The maximum absolute atomic E-state index is 13.3. The van der Waals surface area contributed by atoms with Gasteiger partial charge >= 0.3 is 0 Å². The molecule has 0 bridgehead atoms. The first-order valence-corrected chi connectivity index (χ1v) is 7.74. The molecule has 0 spiro atoms. The van der Waals surface area contributed by atoms with Gasteiger partial charge in [-0.2, -0.15) is 5.10 Å². The van der Waals surface area contributed by atoms with Crippen molar-refractivity contribution >= 4 is 0 Å². The molecule has 0 aliphatic carbocycles. The molecular formula is C17H17F2N5O. The minimum Gasteiger partial charge on any atom is -0.439 e. The Kier molecular flexibility index (Phi) is 5.30. The Morgan fingerprint density at radius 2 is 2.12 bits per heavy atom. The number of benzene rings is 1. The number of nitrogens with zero attached hydrogens (tertiary/aromatic N) is 4. The summed E-state index contributed by atoms with van der Waals surface area (Å²) in [5.41, 5.74) is 0.803. The van der Waals surface area contributed by atoms with Crippen LogP contribution in [0.5, 0.6) is 11.6 Å². The van der Waals surface area contributed by atoms with Crippen molar-refractivity contribution < 1.29 is 13.5 Å². The molecule has 3 aromatic rings. The number of aromatic nitrogens is 4. The average molecular weight is 345 g/mol. The fourth-order valence-corrected chi connectivity index (χ4v) is 2.26. The van der Waals surface area contributed by atoms with E-state index >= 15 is 0 Å². The number of rotatable bonds is 7. The van der Waals surface area contributed by atoms with Crippen LogP contribution in [-0.4, -0.2) is 25.8 Å². The van der Waals surface area contributed by atoms with E-state index in [0.29, 0.717) is 19.0 Å². The first kappa shape index (κ1) is 17.0. The van der Waals surface area contributed by atoms with E-state index in [1.807, 2.05) is 13.0 Å². The molecule has 130 valence electrons. The summed E-state index contributed by atoms with van der Waals surface area (Å²) in [6, 6.07) is 7.16. The van der Waals surface area contributed by atoms with E-state index in [1.165, 1.54) is 12.4 Å². The standard InChI is InChI=1S/C17H17F2N5O/c1-12(9-24-11-20-10-23-24)22-8-13-3-2-6-21-17(13)25-14-4-5-15(18)16(19)7-14/h2-7,10-12,22H,8-9H2,1H3/t12-/m0/s1. The van der Waals surface area contributed by atoms with Gasteiger partial charge < -0.3 is 10.1 Å². The topological polar surface area (TPSA) is 64.9 Å². The maximum atomic E-state index is 13.3. The first-order chi connectivity index (χ1) is 12.1. The fraction of sp³-hybridized carbons (Fsp3) is 0.235. The van der Waals surface area contributed by atoms with Gasteiger partial charge in [0, 0.05) is 30.4 Å². The third-order valence-electron chi connectivity index (χ3n) is 3.52. The summed E-state index contributed by atoms with van der Waals surface area (Å²) in [5.74, 6) is -1.35. The van der Waals surface area contributed by atoms with Gasteiger partial charge in [0.2, 0.25) is 5.88 Å². The Bertz CT molecular complexity index is 826. The van der Waals surface area contributed by atoms with Crippen LogP contribution in [0, 0.1) is 11.6 Å². The van der Waals surface area contributed by atoms with E-state index in [0.717, 1.165) is 17.7 Å². The van der Waals surface area contributed by atoms with Crippen molar-refractivity contribution in [1.29, 1.82) is 0 Å². The molecule has 0 aliphatic heterocycles. The summed E-state index contributed by atoms with van der Waals surface area (Å²) in [4.78, 5) is 8.08. The molecule has 0 aliphatic rings. The zero-order valence-electron chi connectivity index (χ0n) is 13.6. The summed E-state index contributed by atoms with van der Waals surface area (Å²) in [5, 5.41) is 7.40. The summed E-state index contributed by atoms with van der Waals surface area (Å²) in [6.07, 6.45) is 4.72. The monoisotopic (exact) mass is 345 g/mol. The molecule has 0 fully saturated rings. The summed E-state index contributed by atoms with van der Waals surface area (Å²) in [6.45, 7) is 3.19. The molecule has 25 heavy (non-hydrogen) atoms. The number of halogens is 2. The van der Waals surface area contributed by atoms with Gasteiger partial charge in [0.05, 0.1) is 6.54 Å². The summed E-state index contributed by atoms with van der Waals surface area (Å²) >= 11 is 0. The molecule has 8 heteroatoms. The predicted molar refractivity (Wildman–Crippen MR) is 87.0 cm³/mol. The first-order valence-electron chi connectivity index (χ1n) is 7.74. The molecule has 2 heterocycles. The molecule has 3 rings (SSSR count). The van der Waals surface area contributed by atoms with Gasteiger partial charge in [-0.05, 0) is 25.1 Å². The van der Waals surface area contributed by atoms with Crippen molar-refractivity contribution in [2.45, 2.75) is 26.1 Å². The van der Waals surface area contributed by atoms with E-state index < -0.39 is 11.6 Å². The number of hydrogen-bond acceptors (Lipinski definition) is 5. The molecule has 1 N–H and O–H groups in total. The van der Waals surface area contributed by atoms with Gasteiger partial charge in [0.15, 0.2) is 11.6 Å². The van der Waals surface area contributed by atoms with Crippen LogP contribution in [0.15, 0.2) is 49.2 Å². The normalized spacial score (nSPS) is 12.1. The fourth-order valence-electron chi connectivity index (χ4n) is 2.26. The zero-order chi connectivity index (χ0) is 17.6. The molecular weight excluding hydrogens is 328 g/mol. The van der Waals surface area contributed by atoms with Crippen LogP contribution in [-0.2, 0) is 13.1 Å². The van der Waals surface area contributed by atoms with Gasteiger partial charge in [-0.25, -0.2) is 18.7 Å². The zero-order valence-corrected chi connectivity index (χ0v) is 13.6. The third kappa shape index (κ3) is 4.57.